The molecule has 3 rings (SSSR count). The fraction of sp³-hybridized carbons (Fsp3) is 0.333. The smallest absolute Gasteiger partial charge is 0.256 e. The van der Waals surface area contributed by atoms with Gasteiger partial charge in [0, 0.05) is 26.2 Å². The summed E-state index contributed by atoms with van der Waals surface area (Å²) in [6.07, 6.45) is 6.59. The fourth-order valence-electron chi connectivity index (χ4n) is 2.25. The molecule has 1 aliphatic rings. The third-order valence-electron chi connectivity index (χ3n) is 3.64. The van der Waals surface area contributed by atoms with E-state index in [1.54, 1.807) is 30.8 Å². The van der Waals surface area contributed by atoms with Crippen molar-refractivity contribution in [2.75, 3.05) is 24.7 Å². The van der Waals surface area contributed by atoms with E-state index in [4.69, 9.17) is 5.73 Å². The van der Waals surface area contributed by atoms with Gasteiger partial charge in [-0.2, -0.15) is 9.61 Å². The largest absolute Gasteiger partial charge is 0.404 e. The number of aromatic nitrogens is 3. The summed E-state index contributed by atoms with van der Waals surface area (Å²) in [5.41, 5.74) is 6.31. The van der Waals surface area contributed by atoms with Crippen molar-refractivity contribution >= 4 is 29.0 Å². The lowest BCUT2D eigenvalue weighted by atomic mass is 10.3. The molecular weight excluding hydrogens is 308 g/mol. The molecule has 0 radical (unpaired) electrons. The molecule has 2 aromatic heterocycles. The van der Waals surface area contributed by atoms with Gasteiger partial charge in [0.15, 0.2) is 5.65 Å². The van der Waals surface area contributed by atoms with Gasteiger partial charge in [0.2, 0.25) is 0 Å². The number of anilines is 2. The number of aliphatic imine (C=N–C) groups is 1. The lowest BCUT2D eigenvalue weighted by molar-refractivity contribution is 0.0952. The van der Waals surface area contributed by atoms with Gasteiger partial charge in [-0.05, 0) is 25.1 Å². The first-order chi connectivity index (χ1) is 11.7. The fourth-order valence-corrected chi connectivity index (χ4v) is 2.25. The Kier molecular flexibility index (Phi) is 4.32. The molecule has 126 valence electrons. The number of nitrogens with zero attached hydrogens (tertiary/aromatic N) is 4. The number of rotatable bonds is 5. The van der Waals surface area contributed by atoms with Crippen molar-refractivity contribution in [3.05, 3.63) is 30.1 Å². The van der Waals surface area contributed by atoms with Crippen LogP contribution in [0.5, 0.6) is 0 Å². The lowest BCUT2D eigenvalue weighted by Crippen LogP contribution is -2.25. The number of hydrogen-bond acceptors (Lipinski definition) is 6. The van der Waals surface area contributed by atoms with Crippen LogP contribution in [-0.4, -0.2) is 46.5 Å². The number of amides is 1. The average Bonchev–Trinajstić information content (AvgIpc) is 3.29. The molecule has 9 heteroatoms. The molecule has 1 amide bonds. The van der Waals surface area contributed by atoms with Crippen LogP contribution in [0, 0.1) is 0 Å². The molecule has 1 saturated carbocycles. The minimum absolute atomic E-state index is 0.162. The van der Waals surface area contributed by atoms with Gasteiger partial charge in [0.05, 0.1) is 6.20 Å². The molecule has 5 N–H and O–H groups in total. The van der Waals surface area contributed by atoms with E-state index in [2.05, 4.69) is 31.0 Å². The Balaban J connectivity index is 1.99. The zero-order valence-electron chi connectivity index (χ0n) is 13.6. The second-order valence-corrected chi connectivity index (χ2v) is 5.41. The summed E-state index contributed by atoms with van der Waals surface area (Å²) in [6, 6.07) is 2.05. The van der Waals surface area contributed by atoms with Gasteiger partial charge in [-0.25, -0.2) is 4.98 Å². The Morgan fingerprint density at radius 2 is 2.29 bits per heavy atom. The maximum Gasteiger partial charge on any atom is 0.256 e. The number of nitrogens with one attached hydrogen (secondary N) is 3. The molecule has 0 spiro atoms. The maximum atomic E-state index is 12.4. The quantitative estimate of drug-likeness (QED) is 0.470. The van der Waals surface area contributed by atoms with E-state index >= 15 is 0 Å². The van der Waals surface area contributed by atoms with Crippen molar-refractivity contribution in [3.63, 3.8) is 0 Å². The molecule has 2 aromatic rings. The normalized spacial score (nSPS) is 15.0. The predicted molar refractivity (Wildman–Crippen MR) is 93.3 cm³/mol. The Bertz CT molecular complexity index is 818. The third kappa shape index (κ3) is 3.14. The lowest BCUT2D eigenvalue weighted by Gasteiger charge is -2.10. The zero-order chi connectivity index (χ0) is 17.1. The Morgan fingerprint density at radius 1 is 1.50 bits per heavy atom. The second kappa shape index (κ2) is 6.57. The first-order valence-corrected chi connectivity index (χ1v) is 7.65. The van der Waals surface area contributed by atoms with Crippen LogP contribution in [0.2, 0.25) is 0 Å². The number of nitrogens with two attached hydrogens (primary N) is 1. The minimum Gasteiger partial charge on any atom is -0.404 e. The van der Waals surface area contributed by atoms with Crippen LogP contribution in [0.15, 0.2) is 29.5 Å². The number of amidine groups is 1. The first kappa shape index (κ1) is 15.8. The molecule has 0 aliphatic heterocycles. The molecule has 1 fully saturated rings. The Morgan fingerprint density at radius 3 is 2.92 bits per heavy atom. The van der Waals surface area contributed by atoms with E-state index in [0.717, 1.165) is 12.8 Å². The van der Waals surface area contributed by atoms with E-state index in [1.807, 2.05) is 0 Å². The van der Waals surface area contributed by atoms with Crippen molar-refractivity contribution < 1.29 is 4.79 Å². The maximum absolute atomic E-state index is 12.4. The predicted octanol–water partition coefficient (Wildman–Crippen LogP) is 0.576. The number of carbonyl (C=O) groups is 1. The standard InChI is InChI=1S/C15H20N8O/c1-17-11(5-6-16)21-12-7-13(18-2)23-14(22-12)10(8-19-23)15(24)20-9-3-4-9/h5-9,18H,3-4,16H2,1-2H3,(H,20,24)(H,17,21,22). The molecular formula is C15H20N8O. The molecule has 0 aromatic carbocycles. The zero-order valence-corrected chi connectivity index (χ0v) is 13.6. The van der Waals surface area contributed by atoms with Gasteiger partial charge in [0.1, 0.15) is 23.0 Å². The molecule has 1 aliphatic carbocycles. The number of hydrogen-bond donors (Lipinski definition) is 4. The van der Waals surface area contributed by atoms with Gasteiger partial charge in [0.25, 0.3) is 5.91 Å². The van der Waals surface area contributed by atoms with Gasteiger partial charge in [-0.15, -0.1) is 0 Å². The summed E-state index contributed by atoms with van der Waals surface area (Å²) in [7, 11) is 3.42. The van der Waals surface area contributed by atoms with Crippen LogP contribution in [0.25, 0.3) is 5.65 Å². The van der Waals surface area contributed by atoms with Crippen LogP contribution < -0.4 is 21.7 Å². The van der Waals surface area contributed by atoms with Crippen LogP contribution >= 0.6 is 0 Å². The second-order valence-electron chi connectivity index (χ2n) is 5.41. The highest BCUT2D eigenvalue weighted by Gasteiger charge is 2.26. The van der Waals surface area contributed by atoms with Crippen LogP contribution in [0.4, 0.5) is 11.6 Å². The SMILES string of the molecule is CN=C(C=CN)Nc1cc(NC)n2ncc(C(=O)NC3CC3)c2n1. The van der Waals surface area contributed by atoms with Crippen LogP contribution in [-0.2, 0) is 0 Å². The monoisotopic (exact) mass is 328 g/mol. The van der Waals surface area contributed by atoms with Crippen molar-refractivity contribution in [2.24, 2.45) is 10.7 Å². The van der Waals surface area contributed by atoms with E-state index in [1.165, 1.54) is 12.4 Å². The summed E-state index contributed by atoms with van der Waals surface area (Å²) in [5, 5.41) is 13.3. The van der Waals surface area contributed by atoms with Gasteiger partial charge in [-0.3, -0.25) is 9.79 Å². The molecule has 0 atom stereocenters. The number of fused-ring (bicyclic) bond motifs is 1. The van der Waals surface area contributed by atoms with Crippen LogP contribution in [0.1, 0.15) is 23.2 Å². The van der Waals surface area contributed by atoms with Gasteiger partial charge in [-0.1, -0.05) is 0 Å². The molecule has 0 bridgehead atoms. The van der Waals surface area contributed by atoms with Crippen molar-refractivity contribution in [1.82, 2.24) is 19.9 Å². The highest BCUT2D eigenvalue weighted by atomic mass is 16.1. The van der Waals surface area contributed by atoms with Crippen molar-refractivity contribution in [3.8, 4) is 0 Å². The van der Waals surface area contributed by atoms with E-state index in [-0.39, 0.29) is 11.9 Å². The van der Waals surface area contributed by atoms with E-state index in [9.17, 15) is 4.79 Å². The topological polar surface area (TPSA) is 122 Å². The molecule has 2 heterocycles. The van der Waals surface area contributed by atoms with Crippen molar-refractivity contribution in [1.29, 1.82) is 0 Å². The summed E-state index contributed by atoms with van der Waals surface area (Å²) in [4.78, 5) is 20.9. The summed E-state index contributed by atoms with van der Waals surface area (Å²) in [5.74, 6) is 1.62. The first-order valence-electron chi connectivity index (χ1n) is 7.65. The summed E-state index contributed by atoms with van der Waals surface area (Å²) < 4.78 is 1.59. The van der Waals surface area contributed by atoms with E-state index < -0.39 is 0 Å². The summed E-state index contributed by atoms with van der Waals surface area (Å²) in [6.45, 7) is 0. The van der Waals surface area contributed by atoms with Crippen LogP contribution in [0.3, 0.4) is 0 Å². The Labute approximate surface area is 139 Å². The molecule has 0 unspecified atom stereocenters. The third-order valence-corrected chi connectivity index (χ3v) is 3.64. The number of carbonyl (C=O) groups excluding carboxylic acids is 1. The molecule has 24 heavy (non-hydrogen) atoms. The van der Waals surface area contributed by atoms with E-state index in [0.29, 0.717) is 28.7 Å². The highest BCUT2D eigenvalue weighted by Crippen LogP contribution is 2.22. The molecule has 9 nitrogen and oxygen atoms in total. The highest BCUT2D eigenvalue weighted by molar-refractivity contribution is 6.04. The molecule has 0 saturated heterocycles. The van der Waals surface area contributed by atoms with Crippen molar-refractivity contribution in [2.45, 2.75) is 18.9 Å². The van der Waals surface area contributed by atoms with Gasteiger partial charge >= 0.3 is 0 Å². The average molecular weight is 328 g/mol. The Hall–Kier alpha value is -3.10. The minimum atomic E-state index is -0.162. The summed E-state index contributed by atoms with van der Waals surface area (Å²) >= 11 is 0. The van der Waals surface area contributed by atoms with Gasteiger partial charge < -0.3 is 21.7 Å².